The number of methoxy groups -OCH3 is 1. The summed E-state index contributed by atoms with van der Waals surface area (Å²) in [4.78, 5) is 0. The van der Waals surface area contributed by atoms with Crippen LogP contribution in [0.4, 0.5) is 0 Å². The van der Waals surface area contributed by atoms with Gasteiger partial charge in [0.1, 0.15) is 5.75 Å². The van der Waals surface area contributed by atoms with Crippen LogP contribution in [-0.2, 0) is 18.4 Å². The molecule has 0 saturated carbocycles. The molecule has 0 bridgehead atoms. The molecule has 2 N–H and O–H groups in total. The van der Waals surface area contributed by atoms with E-state index in [0.717, 1.165) is 18.7 Å². The van der Waals surface area contributed by atoms with Crippen LogP contribution in [0.15, 0.2) is 54.7 Å². The number of hydrogen-bond donors (Lipinski definition) is 1. The first kappa shape index (κ1) is 16.6. The van der Waals surface area contributed by atoms with Crippen LogP contribution >= 0.6 is 0 Å². The van der Waals surface area contributed by atoms with Crippen molar-refractivity contribution in [2.24, 2.45) is 5.73 Å². The number of fused-ring (bicyclic) bond motifs is 1. The molecule has 1 heterocycles. The molecule has 3 nitrogen and oxygen atoms in total. The van der Waals surface area contributed by atoms with Gasteiger partial charge in [0, 0.05) is 35.6 Å². The third-order valence-electron chi connectivity index (χ3n) is 4.81. The van der Waals surface area contributed by atoms with Gasteiger partial charge >= 0.3 is 0 Å². The number of benzene rings is 2. The lowest BCUT2D eigenvalue weighted by molar-refractivity contribution is 0.415. The zero-order chi connectivity index (χ0) is 17.2. The second-order valence-corrected chi connectivity index (χ2v) is 6.94. The van der Waals surface area contributed by atoms with Crippen LogP contribution in [0.5, 0.6) is 5.75 Å². The minimum Gasteiger partial charge on any atom is -0.497 e. The summed E-state index contributed by atoms with van der Waals surface area (Å²) >= 11 is 0. The van der Waals surface area contributed by atoms with E-state index >= 15 is 0 Å². The molecule has 0 saturated heterocycles. The van der Waals surface area contributed by atoms with E-state index in [1.54, 1.807) is 7.11 Å². The maximum Gasteiger partial charge on any atom is 0.119 e. The summed E-state index contributed by atoms with van der Waals surface area (Å²) in [6.45, 7) is 5.96. The van der Waals surface area contributed by atoms with E-state index in [9.17, 15) is 0 Å². The van der Waals surface area contributed by atoms with Crippen molar-refractivity contribution in [1.82, 2.24) is 4.57 Å². The van der Waals surface area contributed by atoms with Crippen LogP contribution in [0.3, 0.4) is 0 Å². The van der Waals surface area contributed by atoms with Gasteiger partial charge in [-0.2, -0.15) is 0 Å². The molecule has 0 amide bonds. The van der Waals surface area contributed by atoms with E-state index in [1.165, 1.54) is 22.0 Å². The average molecular weight is 322 g/mol. The largest absolute Gasteiger partial charge is 0.497 e. The molecular formula is C21H26N2O. The Kier molecular flexibility index (Phi) is 4.63. The van der Waals surface area contributed by atoms with Gasteiger partial charge in [-0.05, 0) is 35.7 Å². The first-order valence-electron chi connectivity index (χ1n) is 8.46. The van der Waals surface area contributed by atoms with Gasteiger partial charge in [0.05, 0.1) is 7.11 Å². The van der Waals surface area contributed by atoms with Crippen LogP contribution < -0.4 is 10.5 Å². The average Bonchev–Trinajstić information content (AvgIpc) is 2.99. The minimum absolute atomic E-state index is 0.0669. The highest BCUT2D eigenvalue weighted by Crippen LogP contribution is 2.33. The van der Waals surface area contributed by atoms with Crippen molar-refractivity contribution in [1.29, 1.82) is 0 Å². The summed E-state index contributed by atoms with van der Waals surface area (Å²) in [7, 11) is 1.71. The Morgan fingerprint density at radius 1 is 1.08 bits per heavy atom. The van der Waals surface area contributed by atoms with Crippen molar-refractivity contribution in [2.45, 2.75) is 32.2 Å². The van der Waals surface area contributed by atoms with Gasteiger partial charge in [0.2, 0.25) is 0 Å². The molecule has 126 valence electrons. The molecule has 0 atom stereocenters. The fourth-order valence-electron chi connectivity index (χ4n) is 3.13. The molecule has 0 aliphatic heterocycles. The summed E-state index contributed by atoms with van der Waals surface area (Å²) in [6.07, 6.45) is 3.28. The highest BCUT2D eigenvalue weighted by molar-refractivity contribution is 5.86. The molecule has 0 aliphatic carbocycles. The van der Waals surface area contributed by atoms with Gasteiger partial charge in [-0.15, -0.1) is 0 Å². The molecule has 0 unspecified atom stereocenters. The summed E-state index contributed by atoms with van der Waals surface area (Å²) in [5, 5.41) is 1.23. The summed E-state index contributed by atoms with van der Waals surface area (Å²) in [5.74, 6) is 0.886. The Balaban J connectivity index is 2.01. The number of ether oxygens (including phenoxy) is 1. The molecule has 0 fully saturated rings. The second kappa shape index (κ2) is 6.70. The monoisotopic (exact) mass is 322 g/mol. The standard InChI is InChI=1S/C21H26N2O/c1-21(2,15-22)19-14-23(12-11-16-7-5-4-6-8-16)20-10-9-17(24-3)13-18(19)20/h4-10,13-14H,11-12,15,22H2,1-3H3. The highest BCUT2D eigenvalue weighted by atomic mass is 16.5. The first-order chi connectivity index (χ1) is 11.5. The molecule has 3 aromatic rings. The van der Waals surface area contributed by atoms with Gasteiger partial charge < -0.3 is 15.0 Å². The SMILES string of the molecule is COc1ccc2c(c1)c(C(C)(C)CN)cn2CCc1ccccc1. The lowest BCUT2D eigenvalue weighted by atomic mass is 9.84. The quantitative estimate of drug-likeness (QED) is 0.741. The zero-order valence-corrected chi connectivity index (χ0v) is 14.8. The smallest absolute Gasteiger partial charge is 0.119 e. The van der Waals surface area contributed by atoms with Gasteiger partial charge in [-0.3, -0.25) is 0 Å². The number of hydrogen-bond acceptors (Lipinski definition) is 2. The molecule has 0 aliphatic rings. The van der Waals surface area contributed by atoms with E-state index in [2.05, 4.69) is 67.1 Å². The predicted octanol–water partition coefficient (Wildman–Crippen LogP) is 4.13. The lowest BCUT2D eigenvalue weighted by Crippen LogP contribution is -2.27. The summed E-state index contributed by atoms with van der Waals surface area (Å²) in [5.41, 5.74) is 9.84. The molecule has 3 rings (SSSR count). The fourth-order valence-corrected chi connectivity index (χ4v) is 3.13. The normalized spacial score (nSPS) is 11.8. The van der Waals surface area contributed by atoms with Crippen molar-refractivity contribution >= 4 is 10.9 Å². The van der Waals surface area contributed by atoms with Crippen LogP contribution in [-0.4, -0.2) is 18.2 Å². The third-order valence-corrected chi connectivity index (χ3v) is 4.81. The van der Waals surface area contributed by atoms with E-state index in [-0.39, 0.29) is 5.41 Å². The molecule has 3 heteroatoms. The van der Waals surface area contributed by atoms with E-state index in [0.29, 0.717) is 6.54 Å². The Morgan fingerprint density at radius 2 is 1.83 bits per heavy atom. The molecule has 0 radical (unpaired) electrons. The van der Waals surface area contributed by atoms with Gasteiger partial charge in [0.25, 0.3) is 0 Å². The van der Waals surface area contributed by atoms with Crippen LogP contribution in [0.1, 0.15) is 25.0 Å². The third kappa shape index (κ3) is 3.17. The molecule has 2 aromatic carbocycles. The zero-order valence-electron chi connectivity index (χ0n) is 14.8. The van der Waals surface area contributed by atoms with E-state index < -0.39 is 0 Å². The Hall–Kier alpha value is -2.26. The maximum absolute atomic E-state index is 6.03. The summed E-state index contributed by atoms with van der Waals surface area (Å²) in [6, 6.07) is 16.9. The van der Waals surface area contributed by atoms with Crippen molar-refractivity contribution in [3.05, 3.63) is 65.9 Å². The Morgan fingerprint density at radius 3 is 2.50 bits per heavy atom. The van der Waals surface area contributed by atoms with Crippen molar-refractivity contribution < 1.29 is 4.74 Å². The predicted molar refractivity (Wildman–Crippen MR) is 101 cm³/mol. The van der Waals surface area contributed by atoms with Gasteiger partial charge in [0.15, 0.2) is 0 Å². The number of rotatable bonds is 6. The Labute approximate surface area is 144 Å². The van der Waals surface area contributed by atoms with Gasteiger partial charge in [-0.1, -0.05) is 44.2 Å². The second-order valence-electron chi connectivity index (χ2n) is 6.94. The Bertz CT molecular complexity index is 818. The topological polar surface area (TPSA) is 40.2 Å². The molecule has 0 spiro atoms. The van der Waals surface area contributed by atoms with E-state index in [4.69, 9.17) is 10.5 Å². The highest BCUT2D eigenvalue weighted by Gasteiger charge is 2.24. The number of aryl methyl sites for hydroxylation is 2. The maximum atomic E-state index is 6.03. The van der Waals surface area contributed by atoms with Crippen LogP contribution in [0.2, 0.25) is 0 Å². The number of nitrogens with two attached hydrogens (primary N) is 1. The summed E-state index contributed by atoms with van der Waals surface area (Å²) < 4.78 is 7.76. The minimum atomic E-state index is -0.0669. The molecular weight excluding hydrogens is 296 g/mol. The van der Waals surface area contributed by atoms with Crippen molar-refractivity contribution in [2.75, 3.05) is 13.7 Å². The lowest BCUT2D eigenvalue weighted by Gasteiger charge is -2.22. The molecule has 1 aromatic heterocycles. The first-order valence-corrected chi connectivity index (χ1v) is 8.46. The number of nitrogens with zero attached hydrogens (tertiary/aromatic N) is 1. The van der Waals surface area contributed by atoms with E-state index in [1.807, 2.05) is 6.07 Å². The van der Waals surface area contributed by atoms with Crippen LogP contribution in [0, 0.1) is 0 Å². The fraction of sp³-hybridized carbons (Fsp3) is 0.333. The van der Waals surface area contributed by atoms with Crippen LogP contribution in [0.25, 0.3) is 10.9 Å². The number of aromatic nitrogens is 1. The molecule has 24 heavy (non-hydrogen) atoms. The van der Waals surface area contributed by atoms with Crippen molar-refractivity contribution in [3.8, 4) is 5.75 Å². The van der Waals surface area contributed by atoms with Gasteiger partial charge in [-0.25, -0.2) is 0 Å². The van der Waals surface area contributed by atoms with Crippen molar-refractivity contribution in [3.63, 3.8) is 0 Å².